The molecule has 0 unspecified atom stereocenters. The molecule has 3 rings (SSSR count). The van der Waals surface area contributed by atoms with Crippen LogP contribution in [0.1, 0.15) is 6.92 Å². The highest BCUT2D eigenvalue weighted by molar-refractivity contribution is 5.76. The fourth-order valence-electron chi connectivity index (χ4n) is 2.29. The van der Waals surface area contributed by atoms with Crippen LogP contribution in [0, 0.1) is 0 Å². The van der Waals surface area contributed by atoms with E-state index >= 15 is 0 Å². The van der Waals surface area contributed by atoms with E-state index in [1.165, 1.54) is 4.68 Å². The highest BCUT2D eigenvalue weighted by Crippen LogP contribution is 2.07. The molecule has 0 amide bonds. The smallest absolute Gasteiger partial charge is 0.278 e. The summed E-state index contributed by atoms with van der Waals surface area (Å²) in [7, 11) is 0. The molecular weight excluding hydrogens is 242 g/mol. The average molecular weight is 259 g/mol. The van der Waals surface area contributed by atoms with Gasteiger partial charge in [0.05, 0.1) is 12.1 Å². The molecule has 0 radical (unpaired) electrons. The minimum Gasteiger partial charge on any atom is -0.314 e. The predicted octanol–water partition coefficient (Wildman–Crippen LogP) is 0.0427. The molecule has 0 saturated carbocycles. The van der Waals surface area contributed by atoms with Crippen LogP contribution in [-0.4, -0.2) is 45.6 Å². The van der Waals surface area contributed by atoms with Gasteiger partial charge in [0.25, 0.3) is 5.56 Å². The Labute approximate surface area is 111 Å². The fraction of sp³-hybridized carbons (Fsp3) is 0.462. The van der Waals surface area contributed by atoms with Crippen molar-refractivity contribution in [1.82, 2.24) is 25.2 Å². The second-order valence-electron chi connectivity index (χ2n) is 4.77. The Morgan fingerprint density at radius 2 is 2.21 bits per heavy atom. The fourth-order valence-corrected chi connectivity index (χ4v) is 2.29. The number of benzene rings is 1. The van der Waals surface area contributed by atoms with Crippen molar-refractivity contribution < 1.29 is 0 Å². The van der Waals surface area contributed by atoms with Crippen LogP contribution in [0.5, 0.6) is 0 Å². The summed E-state index contributed by atoms with van der Waals surface area (Å²) in [4.78, 5) is 14.6. The molecule has 1 saturated heterocycles. The van der Waals surface area contributed by atoms with E-state index in [2.05, 4.69) is 27.5 Å². The molecule has 1 aliphatic heterocycles. The van der Waals surface area contributed by atoms with Gasteiger partial charge in [0.15, 0.2) is 0 Å². The molecule has 6 nitrogen and oxygen atoms in total. The Bertz CT molecular complexity index is 634. The number of hydrogen-bond acceptors (Lipinski definition) is 5. The van der Waals surface area contributed by atoms with Crippen LogP contribution in [0.3, 0.4) is 0 Å². The summed E-state index contributed by atoms with van der Waals surface area (Å²) < 4.78 is 1.45. The van der Waals surface area contributed by atoms with Gasteiger partial charge in [-0.3, -0.25) is 9.69 Å². The zero-order valence-electron chi connectivity index (χ0n) is 10.9. The average Bonchev–Trinajstić information content (AvgIpc) is 2.39. The molecule has 1 aliphatic rings. The molecule has 2 heterocycles. The maximum Gasteiger partial charge on any atom is 0.278 e. The second kappa shape index (κ2) is 5.07. The van der Waals surface area contributed by atoms with Crippen molar-refractivity contribution in [1.29, 1.82) is 0 Å². The Morgan fingerprint density at radius 1 is 1.42 bits per heavy atom. The van der Waals surface area contributed by atoms with Gasteiger partial charge in [0, 0.05) is 19.1 Å². The van der Waals surface area contributed by atoms with Gasteiger partial charge in [0.1, 0.15) is 5.52 Å². The SMILES string of the molecule is CCN(Cn1nnc2ccccc2c1=O)C1CNC1. The number of rotatable bonds is 4. The molecule has 2 aromatic rings. The summed E-state index contributed by atoms with van der Waals surface area (Å²) in [6, 6.07) is 7.80. The Hall–Kier alpha value is -1.79. The number of fused-ring (bicyclic) bond motifs is 1. The summed E-state index contributed by atoms with van der Waals surface area (Å²) in [6.07, 6.45) is 0. The van der Waals surface area contributed by atoms with Crippen molar-refractivity contribution in [2.75, 3.05) is 19.6 Å². The number of aromatic nitrogens is 3. The third-order valence-corrected chi connectivity index (χ3v) is 3.63. The van der Waals surface area contributed by atoms with Gasteiger partial charge in [-0.2, -0.15) is 4.68 Å². The maximum atomic E-state index is 12.3. The molecule has 1 N–H and O–H groups in total. The normalized spacial score (nSPS) is 15.9. The van der Waals surface area contributed by atoms with E-state index in [4.69, 9.17) is 0 Å². The molecule has 0 spiro atoms. The van der Waals surface area contributed by atoms with E-state index in [1.807, 2.05) is 18.2 Å². The van der Waals surface area contributed by atoms with Gasteiger partial charge >= 0.3 is 0 Å². The van der Waals surface area contributed by atoms with Crippen LogP contribution < -0.4 is 10.9 Å². The van der Waals surface area contributed by atoms with Crippen LogP contribution in [0.25, 0.3) is 10.9 Å². The van der Waals surface area contributed by atoms with E-state index in [-0.39, 0.29) is 5.56 Å². The van der Waals surface area contributed by atoms with Gasteiger partial charge in [0.2, 0.25) is 0 Å². The lowest BCUT2D eigenvalue weighted by Gasteiger charge is -2.37. The lowest BCUT2D eigenvalue weighted by molar-refractivity contribution is 0.107. The van der Waals surface area contributed by atoms with Crippen LogP contribution in [0.15, 0.2) is 29.1 Å². The molecular formula is C13H17N5O. The largest absolute Gasteiger partial charge is 0.314 e. The molecule has 19 heavy (non-hydrogen) atoms. The minimum absolute atomic E-state index is 0.0728. The van der Waals surface area contributed by atoms with Crippen molar-refractivity contribution in [2.45, 2.75) is 19.6 Å². The zero-order valence-corrected chi connectivity index (χ0v) is 10.9. The highest BCUT2D eigenvalue weighted by Gasteiger charge is 2.24. The molecule has 1 aromatic carbocycles. The number of likely N-dealkylation sites (N-methyl/N-ethyl adjacent to an activating group) is 1. The van der Waals surface area contributed by atoms with Gasteiger partial charge in [-0.25, -0.2) is 0 Å². The first-order valence-corrected chi connectivity index (χ1v) is 6.57. The lowest BCUT2D eigenvalue weighted by Crippen LogP contribution is -2.57. The highest BCUT2D eigenvalue weighted by atomic mass is 16.1. The molecule has 1 fully saturated rings. The van der Waals surface area contributed by atoms with Crippen LogP contribution in [-0.2, 0) is 6.67 Å². The first kappa shape index (κ1) is 12.3. The topological polar surface area (TPSA) is 63.1 Å². The quantitative estimate of drug-likeness (QED) is 0.840. The Balaban J connectivity index is 1.92. The van der Waals surface area contributed by atoms with Gasteiger partial charge in [-0.05, 0) is 18.7 Å². The summed E-state index contributed by atoms with van der Waals surface area (Å²) in [5.41, 5.74) is 0.577. The summed E-state index contributed by atoms with van der Waals surface area (Å²) >= 11 is 0. The first-order valence-electron chi connectivity index (χ1n) is 6.57. The molecule has 0 bridgehead atoms. The van der Waals surface area contributed by atoms with E-state index in [0.717, 1.165) is 19.6 Å². The van der Waals surface area contributed by atoms with E-state index in [0.29, 0.717) is 23.6 Å². The monoisotopic (exact) mass is 259 g/mol. The van der Waals surface area contributed by atoms with Crippen LogP contribution >= 0.6 is 0 Å². The van der Waals surface area contributed by atoms with E-state index in [1.54, 1.807) is 6.07 Å². The van der Waals surface area contributed by atoms with Crippen molar-refractivity contribution in [2.24, 2.45) is 0 Å². The molecule has 1 aromatic heterocycles. The summed E-state index contributed by atoms with van der Waals surface area (Å²) in [6.45, 7) is 5.44. The van der Waals surface area contributed by atoms with Crippen LogP contribution in [0.4, 0.5) is 0 Å². The number of nitrogens with one attached hydrogen (secondary N) is 1. The molecule has 6 heteroatoms. The van der Waals surface area contributed by atoms with Crippen molar-refractivity contribution >= 4 is 10.9 Å². The second-order valence-corrected chi connectivity index (χ2v) is 4.77. The molecule has 0 aliphatic carbocycles. The first-order chi connectivity index (χ1) is 9.29. The molecule has 100 valence electrons. The summed E-state index contributed by atoms with van der Waals surface area (Å²) in [5, 5.41) is 12.0. The lowest BCUT2D eigenvalue weighted by atomic mass is 10.1. The standard InChI is InChI=1S/C13H17N5O/c1-2-17(10-7-14-8-10)9-18-13(19)11-5-3-4-6-12(11)15-16-18/h3-6,10,14H,2,7-9H2,1H3. The molecule has 0 atom stereocenters. The Kier molecular flexibility index (Phi) is 3.27. The zero-order chi connectivity index (χ0) is 13.2. The number of nitrogens with zero attached hydrogens (tertiary/aromatic N) is 4. The van der Waals surface area contributed by atoms with E-state index < -0.39 is 0 Å². The van der Waals surface area contributed by atoms with Crippen molar-refractivity contribution in [3.05, 3.63) is 34.6 Å². The third kappa shape index (κ3) is 2.24. The van der Waals surface area contributed by atoms with Crippen molar-refractivity contribution in [3.63, 3.8) is 0 Å². The predicted molar refractivity (Wildman–Crippen MR) is 72.8 cm³/mol. The van der Waals surface area contributed by atoms with Gasteiger partial charge < -0.3 is 5.32 Å². The van der Waals surface area contributed by atoms with Gasteiger partial charge in [-0.1, -0.05) is 24.3 Å². The van der Waals surface area contributed by atoms with Crippen LogP contribution in [0.2, 0.25) is 0 Å². The van der Waals surface area contributed by atoms with E-state index in [9.17, 15) is 4.79 Å². The maximum absolute atomic E-state index is 12.3. The number of hydrogen-bond donors (Lipinski definition) is 1. The summed E-state index contributed by atoms with van der Waals surface area (Å²) in [5.74, 6) is 0. The van der Waals surface area contributed by atoms with Gasteiger partial charge in [-0.15, -0.1) is 5.10 Å². The van der Waals surface area contributed by atoms with Crippen molar-refractivity contribution in [3.8, 4) is 0 Å². The Morgan fingerprint density at radius 3 is 2.89 bits per heavy atom. The third-order valence-electron chi connectivity index (χ3n) is 3.63. The minimum atomic E-state index is -0.0728.